The molecule has 60 valence electrons. The Morgan fingerprint density at radius 3 is 2.83 bits per heavy atom. The van der Waals surface area contributed by atoms with Gasteiger partial charge in [0.05, 0.1) is 11.4 Å². The van der Waals surface area contributed by atoms with E-state index in [-0.39, 0.29) is 0 Å². The smallest absolute Gasteiger partial charge is 0.240 e. The van der Waals surface area contributed by atoms with Gasteiger partial charge in [-0.3, -0.25) is 4.99 Å². The van der Waals surface area contributed by atoms with E-state index in [1.54, 1.807) is 6.07 Å². The number of nitrogens with zero attached hydrogens (tertiary/aromatic N) is 2. The highest BCUT2D eigenvalue weighted by molar-refractivity contribution is 5.60. The van der Waals surface area contributed by atoms with Crippen molar-refractivity contribution in [3.63, 3.8) is 0 Å². The number of isocyanates is 1. The van der Waals surface area contributed by atoms with E-state index in [0.717, 1.165) is 5.56 Å². The first-order valence-electron chi connectivity index (χ1n) is 3.43. The fourth-order valence-corrected chi connectivity index (χ4v) is 0.866. The molecule has 0 aliphatic heterocycles. The molecule has 0 atom stereocenters. The van der Waals surface area contributed by atoms with E-state index in [1.165, 1.54) is 6.08 Å². The summed E-state index contributed by atoms with van der Waals surface area (Å²) in [6.07, 6.45) is 1.49. The zero-order chi connectivity index (χ0) is 8.97. The highest BCUT2D eigenvalue weighted by atomic mass is 16.1. The van der Waals surface area contributed by atoms with Gasteiger partial charge in [0.1, 0.15) is 0 Å². The zero-order valence-corrected chi connectivity index (χ0v) is 6.74. The number of hydrogen-bond donors (Lipinski definition) is 0. The quantitative estimate of drug-likeness (QED) is 0.483. The van der Waals surface area contributed by atoms with Crippen LogP contribution in [0.3, 0.4) is 0 Å². The standard InChI is InChI=1S/C9H8N2O/c1-7-3-4-8(10-2)5-9(7)11-6-12/h3-5H,2H2,1H3. The van der Waals surface area contributed by atoms with Gasteiger partial charge in [-0.25, -0.2) is 4.79 Å². The van der Waals surface area contributed by atoms with Gasteiger partial charge in [-0.2, -0.15) is 4.99 Å². The van der Waals surface area contributed by atoms with Gasteiger partial charge in [0, 0.05) is 0 Å². The Morgan fingerprint density at radius 1 is 1.50 bits per heavy atom. The van der Waals surface area contributed by atoms with Crippen LogP contribution in [0, 0.1) is 6.92 Å². The average molecular weight is 160 g/mol. The van der Waals surface area contributed by atoms with Crippen LogP contribution in [0.4, 0.5) is 11.4 Å². The Bertz CT molecular complexity index is 352. The van der Waals surface area contributed by atoms with Crippen molar-refractivity contribution < 1.29 is 4.79 Å². The molecular formula is C9H8N2O. The van der Waals surface area contributed by atoms with Crippen LogP contribution in [0.2, 0.25) is 0 Å². The van der Waals surface area contributed by atoms with Crippen LogP contribution >= 0.6 is 0 Å². The lowest BCUT2D eigenvalue weighted by molar-refractivity contribution is 0.565. The lowest BCUT2D eigenvalue weighted by Gasteiger charge is -1.97. The highest BCUT2D eigenvalue weighted by Crippen LogP contribution is 2.23. The third-order valence-electron chi connectivity index (χ3n) is 1.54. The minimum atomic E-state index is 0.593. The molecule has 0 N–H and O–H groups in total. The van der Waals surface area contributed by atoms with Gasteiger partial charge in [-0.05, 0) is 31.3 Å². The molecule has 3 nitrogen and oxygen atoms in total. The number of aliphatic imine (C=N–C) groups is 2. The minimum absolute atomic E-state index is 0.593. The van der Waals surface area contributed by atoms with Crippen LogP contribution < -0.4 is 0 Å². The van der Waals surface area contributed by atoms with Gasteiger partial charge in [0.15, 0.2) is 0 Å². The van der Waals surface area contributed by atoms with E-state index >= 15 is 0 Å². The molecule has 0 aliphatic carbocycles. The largest absolute Gasteiger partial charge is 0.265 e. The first-order chi connectivity index (χ1) is 5.77. The normalized spacial score (nSPS) is 8.75. The molecule has 0 fully saturated rings. The molecule has 0 bridgehead atoms. The molecule has 0 aliphatic rings. The van der Waals surface area contributed by atoms with Crippen molar-refractivity contribution in [1.29, 1.82) is 0 Å². The van der Waals surface area contributed by atoms with Crippen molar-refractivity contribution in [2.24, 2.45) is 9.98 Å². The maximum atomic E-state index is 9.99. The number of hydrogen-bond acceptors (Lipinski definition) is 3. The van der Waals surface area contributed by atoms with Gasteiger partial charge >= 0.3 is 0 Å². The van der Waals surface area contributed by atoms with E-state index in [4.69, 9.17) is 0 Å². The van der Waals surface area contributed by atoms with Crippen molar-refractivity contribution in [2.45, 2.75) is 6.92 Å². The second-order valence-corrected chi connectivity index (χ2v) is 2.33. The summed E-state index contributed by atoms with van der Waals surface area (Å²) in [7, 11) is 0. The first-order valence-corrected chi connectivity index (χ1v) is 3.43. The minimum Gasteiger partial charge on any atom is -0.265 e. The van der Waals surface area contributed by atoms with E-state index < -0.39 is 0 Å². The van der Waals surface area contributed by atoms with Gasteiger partial charge in [0.2, 0.25) is 6.08 Å². The molecule has 1 rings (SSSR count). The number of benzene rings is 1. The molecule has 3 heteroatoms. The summed E-state index contributed by atoms with van der Waals surface area (Å²) >= 11 is 0. The molecule has 0 saturated heterocycles. The summed E-state index contributed by atoms with van der Waals surface area (Å²) in [4.78, 5) is 17.2. The summed E-state index contributed by atoms with van der Waals surface area (Å²) in [5.74, 6) is 0. The SMILES string of the molecule is C=Nc1ccc(C)c(N=C=O)c1. The zero-order valence-electron chi connectivity index (χ0n) is 6.74. The molecule has 12 heavy (non-hydrogen) atoms. The first kappa shape index (κ1) is 8.37. The molecule has 0 saturated carbocycles. The van der Waals surface area contributed by atoms with Crippen molar-refractivity contribution in [3.05, 3.63) is 23.8 Å². The summed E-state index contributed by atoms with van der Waals surface area (Å²) in [6.45, 7) is 5.24. The van der Waals surface area contributed by atoms with Crippen molar-refractivity contribution in [1.82, 2.24) is 0 Å². The topological polar surface area (TPSA) is 41.8 Å². The summed E-state index contributed by atoms with van der Waals surface area (Å²) < 4.78 is 0. The highest BCUT2D eigenvalue weighted by Gasteiger charge is 1.96. The van der Waals surface area contributed by atoms with Gasteiger partial charge in [0.25, 0.3) is 0 Å². The van der Waals surface area contributed by atoms with Gasteiger partial charge in [-0.1, -0.05) is 6.07 Å². The van der Waals surface area contributed by atoms with E-state index in [2.05, 4.69) is 16.7 Å². The van der Waals surface area contributed by atoms with Crippen LogP contribution in [0.1, 0.15) is 5.56 Å². The lowest BCUT2D eigenvalue weighted by Crippen LogP contribution is -1.72. The molecule has 0 radical (unpaired) electrons. The molecule has 0 heterocycles. The second kappa shape index (κ2) is 3.60. The molecular weight excluding hydrogens is 152 g/mol. The molecule has 1 aromatic rings. The number of aryl methyl sites for hydroxylation is 1. The monoisotopic (exact) mass is 160 g/mol. The molecule has 0 amide bonds. The van der Waals surface area contributed by atoms with Crippen LogP contribution in [0.25, 0.3) is 0 Å². The molecule has 0 unspecified atom stereocenters. The Hall–Kier alpha value is -1.73. The second-order valence-electron chi connectivity index (χ2n) is 2.33. The van der Waals surface area contributed by atoms with Gasteiger partial charge in [-0.15, -0.1) is 0 Å². The maximum absolute atomic E-state index is 9.99. The maximum Gasteiger partial charge on any atom is 0.240 e. The Labute approximate surface area is 70.5 Å². The van der Waals surface area contributed by atoms with E-state index in [1.807, 2.05) is 19.1 Å². The van der Waals surface area contributed by atoms with Crippen molar-refractivity contribution >= 4 is 24.2 Å². The number of carbonyl (C=O) groups excluding carboxylic acids is 1. The summed E-state index contributed by atoms with van der Waals surface area (Å²) in [5.41, 5.74) is 2.22. The molecule has 0 spiro atoms. The van der Waals surface area contributed by atoms with Crippen LogP contribution in [0.5, 0.6) is 0 Å². The Kier molecular flexibility index (Phi) is 2.51. The lowest BCUT2D eigenvalue weighted by atomic mass is 10.2. The third kappa shape index (κ3) is 1.65. The fraction of sp³-hybridized carbons (Fsp3) is 0.111. The number of rotatable bonds is 2. The van der Waals surface area contributed by atoms with Crippen LogP contribution in [0.15, 0.2) is 28.2 Å². The molecule has 0 aromatic heterocycles. The van der Waals surface area contributed by atoms with E-state index in [9.17, 15) is 4.79 Å². The van der Waals surface area contributed by atoms with Crippen LogP contribution in [-0.2, 0) is 4.79 Å². The Morgan fingerprint density at radius 2 is 2.25 bits per heavy atom. The Balaban J connectivity index is 3.25. The predicted octanol–water partition coefficient (Wildman–Crippen LogP) is 2.29. The average Bonchev–Trinajstić information content (AvgIpc) is 2.09. The fourth-order valence-electron chi connectivity index (χ4n) is 0.866. The van der Waals surface area contributed by atoms with Crippen molar-refractivity contribution in [3.8, 4) is 0 Å². The van der Waals surface area contributed by atoms with Crippen LogP contribution in [-0.4, -0.2) is 12.8 Å². The third-order valence-corrected chi connectivity index (χ3v) is 1.54. The molecule has 1 aromatic carbocycles. The van der Waals surface area contributed by atoms with E-state index in [0.29, 0.717) is 11.4 Å². The summed E-state index contributed by atoms with van der Waals surface area (Å²) in [5, 5.41) is 0. The summed E-state index contributed by atoms with van der Waals surface area (Å²) in [6, 6.07) is 5.33. The van der Waals surface area contributed by atoms with Crippen molar-refractivity contribution in [2.75, 3.05) is 0 Å². The van der Waals surface area contributed by atoms with Gasteiger partial charge < -0.3 is 0 Å². The predicted molar refractivity (Wildman–Crippen MR) is 48.2 cm³/mol.